The summed E-state index contributed by atoms with van der Waals surface area (Å²) in [7, 11) is 0. The molecule has 3 aromatic heterocycles. The van der Waals surface area contributed by atoms with Crippen LogP contribution < -0.4 is 0 Å². The quantitative estimate of drug-likeness (QED) is 0.0406. The van der Waals surface area contributed by atoms with Gasteiger partial charge < -0.3 is 0 Å². The summed E-state index contributed by atoms with van der Waals surface area (Å²) in [5.74, 6) is 0.522. The van der Waals surface area contributed by atoms with E-state index >= 15 is 0 Å². The lowest BCUT2D eigenvalue weighted by Crippen LogP contribution is -2.27. The van der Waals surface area contributed by atoms with Crippen LogP contribution in [0.5, 0.6) is 0 Å². The van der Waals surface area contributed by atoms with Crippen molar-refractivity contribution in [3.8, 4) is 42.4 Å². The number of unbranched alkanes of at least 4 members (excludes halogenated alkanes) is 16. The second kappa shape index (κ2) is 26.0. The van der Waals surface area contributed by atoms with Crippen molar-refractivity contribution in [3.63, 3.8) is 0 Å². The Hall–Kier alpha value is -3.12. The molecule has 1 aliphatic rings. The first kappa shape index (κ1) is 53.7. The summed E-state index contributed by atoms with van der Waals surface area (Å²) in [6.45, 7) is 21.3. The zero-order chi connectivity index (χ0) is 48.8. The molecule has 0 radical (unpaired) electrons. The second-order valence-corrected chi connectivity index (χ2v) is 24.4. The standard InChI is InChI=1S/C64H90N2S3/c1-10-16-20-24-26-30-40-64(41-31-27-25-21-17-11-2)55-42-49(34-36-51(55)52-37-35-50(45-56(52)64)63(9,14-5)15-6)62-48(33-29-23-19-13-4)44-58(68-62)54-39-38-53(59-60(54)66-69-65-59)57-43-47(32-28-22-18-12-3)61(67-57)46(7)8/h34-39,42-46H,10-33,40-41H2,1-9H3. The summed E-state index contributed by atoms with van der Waals surface area (Å²) in [5.41, 5.74) is 17.1. The lowest BCUT2D eigenvalue weighted by molar-refractivity contribution is 0.395. The van der Waals surface area contributed by atoms with Crippen molar-refractivity contribution in [2.75, 3.05) is 0 Å². The highest BCUT2D eigenvalue weighted by Gasteiger charge is 2.43. The molecule has 0 spiro atoms. The highest BCUT2D eigenvalue weighted by molar-refractivity contribution is 7.19. The Kier molecular flexibility index (Phi) is 20.2. The van der Waals surface area contributed by atoms with E-state index in [0.717, 1.165) is 17.5 Å². The molecule has 3 heterocycles. The molecule has 0 amide bonds. The van der Waals surface area contributed by atoms with Gasteiger partial charge in [0, 0.05) is 36.1 Å². The molecule has 0 atom stereocenters. The van der Waals surface area contributed by atoms with Gasteiger partial charge >= 0.3 is 0 Å². The maximum atomic E-state index is 5.09. The van der Waals surface area contributed by atoms with Crippen LogP contribution in [0.2, 0.25) is 0 Å². The Bertz CT molecular complexity index is 2490. The van der Waals surface area contributed by atoms with Gasteiger partial charge in [0.1, 0.15) is 11.0 Å². The first-order valence-corrected chi connectivity index (χ1v) is 30.8. The van der Waals surface area contributed by atoms with Crippen molar-refractivity contribution in [2.45, 2.75) is 246 Å². The normalized spacial score (nSPS) is 13.3. The highest BCUT2D eigenvalue weighted by atomic mass is 32.1. The van der Waals surface area contributed by atoms with Gasteiger partial charge in [0.2, 0.25) is 0 Å². The fraction of sp³-hybridized carbons (Fsp3) is 0.594. The third-order valence-corrected chi connectivity index (χ3v) is 19.8. The van der Waals surface area contributed by atoms with Crippen LogP contribution in [0.4, 0.5) is 0 Å². The Morgan fingerprint density at radius 2 is 0.957 bits per heavy atom. The second-order valence-electron chi connectivity index (χ2n) is 21.8. The summed E-state index contributed by atoms with van der Waals surface area (Å²) in [5, 5.41) is 0. The van der Waals surface area contributed by atoms with E-state index in [0.29, 0.717) is 5.92 Å². The highest BCUT2D eigenvalue weighted by Crippen LogP contribution is 2.57. The van der Waals surface area contributed by atoms with Crippen LogP contribution in [0, 0.1) is 0 Å². The van der Waals surface area contributed by atoms with E-state index in [-0.39, 0.29) is 10.8 Å². The third-order valence-electron chi connectivity index (χ3n) is 16.5. The van der Waals surface area contributed by atoms with Crippen molar-refractivity contribution in [2.24, 2.45) is 0 Å². The predicted octanol–water partition coefficient (Wildman–Crippen LogP) is 22.0. The fourth-order valence-electron chi connectivity index (χ4n) is 11.7. The van der Waals surface area contributed by atoms with Crippen molar-refractivity contribution >= 4 is 45.4 Å². The lowest BCUT2D eigenvalue weighted by Gasteiger charge is -2.35. The molecule has 0 unspecified atom stereocenters. The van der Waals surface area contributed by atoms with Gasteiger partial charge in [-0.2, -0.15) is 8.75 Å². The van der Waals surface area contributed by atoms with Crippen LogP contribution in [0.25, 0.3) is 53.5 Å². The third kappa shape index (κ3) is 12.4. The van der Waals surface area contributed by atoms with E-state index in [1.807, 2.05) is 22.7 Å². The molecule has 0 fully saturated rings. The van der Waals surface area contributed by atoms with Crippen LogP contribution in [-0.2, 0) is 23.7 Å². The van der Waals surface area contributed by atoms with Gasteiger partial charge in [-0.3, -0.25) is 0 Å². The zero-order valence-corrected chi connectivity index (χ0v) is 47.3. The molecule has 6 aromatic rings. The predicted molar refractivity (Wildman–Crippen MR) is 309 cm³/mol. The molecule has 0 N–H and O–H groups in total. The van der Waals surface area contributed by atoms with E-state index in [1.54, 1.807) is 27.1 Å². The number of benzene rings is 3. The minimum atomic E-state index is 0.0385. The Morgan fingerprint density at radius 3 is 1.51 bits per heavy atom. The van der Waals surface area contributed by atoms with Crippen LogP contribution >= 0.6 is 34.4 Å². The smallest absolute Gasteiger partial charge is 0.114 e. The molecule has 0 bridgehead atoms. The van der Waals surface area contributed by atoms with E-state index in [4.69, 9.17) is 8.75 Å². The number of thiophene rings is 2. The van der Waals surface area contributed by atoms with Crippen LogP contribution in [0.1, 0.15) is 255 Å². The van der Waals surface area contributed by atoms with Crippen molar-refractivity contribution < 1.29 is 0 Å². The van der Waals surface area contributed by atoms with E-state index in [9.17, 15) is 0 Å². The number of hydrogen-bond donors (Lipinski definition) is 0. The minimum absolute atomic E-state index is 0.0385. The molecule has 1 aliphatic carbocycles. The molecule has 69 heavy (non-hydrogen) atoms. The average Bonchev–Trinajstić information content (AvgIpc) is 4.18. The van der Waals surface area contributed by atoms with Gasteiger partial charge in [-0.1, -0.05) is 220 Å². The SMILES string of the molecule is CCCCCCCCC1(CCCCCCCC)c2cc(-c3sc(-c4ccc(-c5cc(CCCCCC)c(C(C)C)s5)c5nsnc45)cc3CCCCCC)ccc2-c2ccc(C(C)(CC)CC)cc21. The first-order chi connectivity index (χ1) is 33.7. The lowest BCUT2D eigenvalue weighted by atomic mass is 9.68. The van der Waals surface area contributed by atoms with Gasteiger partial charge in [0.15, 0.2) is 0 Å². The molecule has 0 saturated carbocycles. The number of aromatic nitrogens is 2. The fourth-order valence-corrected chi connectivity index (χ4v) is 14.8. The maximum Gasteiger partial charge on any atom is 0.114 e. The molecule has 3 aromatic carbocycles. The monoisotopic (exact) mass is 983 g/mol. The molecule has 2 nitrogen and oxygen atoms in total. The Labute approximate surface area is 433 Å². The molecular weight excluding hydrogens is 893 g/mol. The first-order valence-electron chi connectivity index (χ1n) is 28.5. The zero-order valence-electron chi connectivity index (χ0n) is 44.9. The van der Waals surface area contributed by atoms with E-state index < -0.39 is 0 Å². The van der Waals surface area contributed by atoms with Gasteiger partial charge in [-0.05, 0) is 125 Å². The molecule has 374 valence electrons. The topological polar surface area (TPSA) is 25.8 Å². The number of rotatable bonds is 31. The van der Waals surface area contributed by atoms with Crippen molar-refractivity contribution in [3.05, 3.63) is 93.4 Å². The van der Waals surface area contributed by atoms with Crippen molar-refractivity contribution in [1.29, 1.82) is 0 Å². The van der Waals surface area contributed by atoms with E-state index in [1.165, 1.54) is 220 Å². The molecule has 7 rings (SSSR count). The van der Waals surface area contributed by atoms with Crippen LogP contribution in [0.3, 0.4) is 0 Å². The Balaban J connectivity index is 1.32. The number of fused-ring (bicyclic) bond motifs is 4. The minimum Gasteiger partial charge on any atom is -0.172 e. The maximum absolute atomic E-state index is 5.09. The summed E-state index contributed by atoms with van der Waals surface area (Å²) in [6, 6.07) is 25.4. The summed E-state index contributed by atoms with van der Waals surface area (Å²) >= 11 is 5.38. The van der Waals surface area contributed by atoms with Gasteiger partial charge in [-0.15, -0.1) is 22.7 Å². The van der Waals surface area contributed by atoms with Crippen molar-refractivity contribution in [1.82, 2.24) is 8.75 Å². The number of hydrogen-bond acceptors (Lipinski definition) is 5. The van der Waals surface area contributed by atoms with Gasteiger partial charge in [-0.25, -0.2) is 0 Å². The molecule has 0 aliphatic heterocycles. The van der Waals surface area contributed by atoms with Gasteiger partial charge in [0.25, 0.3) is 0 Å². The molecule has 5 heteroatoms. The largest absolute Gasteiger partial charge is 0.172 e. The summed E-state index contributed by atoms with van der Waals surface area (Å²) in [6.07, 6.45) is 33.4. The number of aryl methyl sites for hydroxylation is 2. The van der Waals surface area contributed by atoms with Crippen LogP contribution in [-0.4, -0.2) is 8.75 Å². The van der Waals surface area contributed by atoms with Gasteiger partial charge in [0.05, 0.1) is 11.7 Å². The Morgan fingerprint density at radius 1 is 0.493 bits per heavy atom. The number of nitrogens with zero attached hydrogens (tertiary/aromatic N) is 2. The average molecular weight is 984 g/mol. The summed E-state index contributed by atoms with van der Waals surface area (Å²) < 4.78 is 10.1. The summed E-state index contributed by atoms with van der Waals surface area (Å²) in [4.78, 5) is 5.69. The molecular formula is C64H90N2S3. The molecule has 0 saturated heterocycles. The van der Waals surface area contributed by atoms with Crippen LogP contribution in [0.15, 0.2) is 60.7 Å². The van der Waals surface area contributed by atoms with E-state index in [2.05, 4.69) is 123 Å².